The average Bonchev–Trinajstić information content (AvgIpc) is 3.98. The molecule has 0 saturated heterocycles. The fourth-order valence-electron chi connectivity index (χ4n) is 4.82. The average molecular weight is 696 g/mol. The van der Waals surface area contributed by atoms with Crippen LogP contribution in [0.2, 0.25) is 0 Å². The van der Waals surface area contributed by atoms with E-state index in [1.807, 2.05) is 35.3 Å². The summed E-state index contributed by atoms with van der Waals surface area (Å²) in [6.07, 6.45) is 10.5. The maximum atomic E-state index is 5.25. The molecular formula is C40H41NO2S4. The van der Waals surface area contributed by atoms with Crippen molar-refractivity contribution in [1.82, 2.24) is 4.98 Å². The third-order valence-electron chi connectivity index (χ3n) is 7.31. The number of ether oxygens (including phenoxy) is 2. The van der Waals surface area contributed by atoms with Crippen molar-refractivity contribution in [1.29, 1.82) is 0 Å². The summed E-state index contributed by atoms with van der Waals surface area (Å²) in [6.45, 7) is 3.62. The lowest BCUT2D eigenvalue weighted by molar-refractivity contribution is 0.173. The van der Waals surface area contributed by atoms with Crippen molar-refractivity contribution in [3.8, 4) is 11.5 Å². The number of nitrogens with one attached hydrogen (secondary N) is 1. The summed E-state index contributed by atoms with van der Waals surface area (Å²) >= 11 is 6.93. The van der Waals surface area contributed by atoms with Gasteiger partial charge in [-0.25, -0.2) is 0 Å². The van der Waals surface area contributed by atoms with Gasteiger partial charge < -0.3 is 14.5 Å². The Kier molecular flexibility index (Phi) is 14.4. The van der Waals surface area contributed by atoms with E-state index in [4.69, 9.17) is 9.47 Å². The monoisotopic (exact) mass is 695 g/mol. The second kappa shape index (κ2) is 19.7. The third kappa shape index (κ3) is 11.4. The molecule has 0 spiro atoms. The molecule has 0 atom stereocenters. The maximum Gasteiger partial charge on any atom is 0.172 e. The summed E-state index contributed by atoms with van der Waals surface area (Å²) in [4.78, 5) is 2.86. The van der Waals surface area contributed by atoms with Crippen LogP contribution in [0.3, 0.4) is 0 Å². The van der Waals surface area contributed by atoms with Crippen molar-refractivity contribution >= 4 is 77.7 Å². The van der Waals surface area contributed by atoms with Crippen molar-refractivity contribution < 1.29 is 9.47 Å². The van der Waals surface area contributed by atoms with Crippen LogP contribution in [0.1, 0.15) is 38.2 Å². The normalized spacial score (nSPS) is 11.3. The van der Waals surface area contributed by atoms with Gasteiger partial charge in [-0.05, 0) is 113 Å². The van der Waals surface area contributed by atoms with Gasteiger partial charge in [0.15, 0.2) is 11.5 Å². The van der Waals surface area contributed by atoms with Crippen molar-refractivity contribution in [3.05, 3.63) is 140 Å². The third-order valence-corrected chi connectivity index (χ3v) is 10.3. The Bertz CT molecular complexity index is 1830. The molecule has 3 aromatic carbocycles. The van der Waals surface area contributed by atoms with E-state index in [0.29, 0.717) is 13.2 Å². The Balaban J connectivity index is 0.000000118. The van der Waals surface area contributed by atoms with Gasteiger partial charge >= 0.3 is 0 Å². The van der Waals surface area contributed by atoms with Gasteiger partial charge in [-0.15, -0.1) is 11.3 Å². The quantitative estimate of drug-likeness (QED) is 0.182. The van der Waals surface area contributed by atoms with E-state index in [-0.39, 0.29) is 0 Å². The molecule has 0 aliphatic carbocycles. The van der Waals surface area contributed by atoms with Crippen LogP contribution in [0.5, 0.6) is 11.5 Å². The summed E-state index contributed by atoms with van der Waals surface area (Å²) < 4.78 is 10.5. The van der Waals surface area contributed by atoms with Crippen LogP contribution >= 0.6 is 45.3 Å². The number of benzene rings is 3. The molecule has 242 valence electrons. The Morgan fingerprint density at radius 1 is 0.532 bits per heavy atom. The molecule has 9 rings (SSSR count). The van der Waals surface area contributed by atoms with Crippen molar-refractivity contribution in [3.63, 3.8) is 0 Å². The molecule has 6 heterocycles. The van der Waals surface area contributed by atoms with Crippen molar-refractivity contribution in [2.24, 2.45) is 0 Å². The van der Waals surface area contributed by atoms with Gasteiger partial charge in [0, 0.05) is 23.2 Å². The summed E-state index contributed by atoms with van der Waals surface area (Å²) in [5.74, 6) is 1.79. The van der Waals surface area contributed by atoms with E-state index < -0.39 is 0 Å². The predicted molar refractivity (Wildman–Crippen MR) is 209 cm³/mol. The van der Waals surface area contributed by atoms with E-state index in [0.717, 1.165) is 11.5 Å². The number of aromatic nitrogens is 1. The lowest BCUT2D eigenvalue weighted by Gasteiger charge is -2.13. The molecule has 1 aliphatic heterocycles. The number of aromatic amines is 1. The second-order valence-electron chi connectivity index (χ2n) is 10.8. The molecule has 1 aliphatic rings. The zero-order chi connectivity index (χ0) is 32.4. The number of hydrogen-bond acceptors (Lipinski definition) is 6. The number of rotatable bonds is 5. The standard InChI is InChI=1S/C12H8S.C10H16S.C8H6S.C6H6O2S.C4H5N/c1-2-4-10-6-12-8-13-7-11(12)5-9(10)3-1;1-2-3-4-5-6-10-7-8-11-9-10;1-2-4-8-6-9-5-7(8)3-1;1-2-8-6-4-9-3-5(6)7-1;1-2-4-5-3-1/h1-8H;7-9H,2-6H2,1H3;1-6H;3-4H,1-2H2;1-5H. The first kappa shape index (κ1) is 34.5. The lowest BCUT2D eigenvalue weighted by atomic mass is 10.1. The van der Waals surface area contributed by atoms with Crippen LogP contribution in [0.4, 0.5) is 0 Å². The number of thiophene rings is 4. The maximum absolute atomic E-state index is 5.25. The highest BCUT2D eigenvalue weighted by atomic mass is 32.1. The van der Waals surface area contributed by atoms with Crippen LogP contribution in [0.15, 0.2) is 134 Å². The number of aryl methyl sites for hydroxylation is 1. The van der Waals surface area contributed by atoms with E-state index in [2.05, 4.69) is 111 Å². The molecule has 5 aromatic heterocycles. The molecule has 0 saturated carbocycles. The van der Waals surface area contributed by atoms with Crippen molar-refractivity contribution in [2.45, 2.75) is 39.0 Å². The lowest BCUT2D eigenvalue weighted by Crippen LogP contribution is -2.13. The molecule has 8 aromatic rings. The van der Waals surface area contributed by atoms with Crippen LogP contribution in [0, 0.1) is 0 Å². The van der Waals surface area contributed by atoms with E-state index >= 15 is 0 Å². The summed E-state index contributed by atoms with van der Waals surface area (Å²) in [7, 11) is 0. The number of H-pyrrole nitrogens is 1. The molecule has 0 radical (unpaired) electrons. The molecule has 47 heavy (non-hydrogen) atoms. The van der Waals surface area contributed by atoms with Crippen LogP contribution in [-0.4, -0.2) is 18.2 Å². The highest BCUT2D eigenvalue weighted by molar-refractivity contribution is 7.09. The minimum atomic E-state index is 0.684. The van der Waals surface area contributed by atoms with Gasteiger partial charge in [-0.3, -0.25) is 0 Å². The zero-order valence-electron chi connectivity index (χ0n) is 26.7. The van der Waals surface area contributed by atoms with Gasteiger partial charge in [0.05, 0.1) is 0 Å². The Labute approximate surface area is 294 Å². The van der Waals surface area contributed by atoms with E-state index in [1.54, 1.807) is 45.3 Å². The number of fused-ring (bicyclic) bond motifs is 4. The molecule has 0 amide bonds. The minimum Gasteiger partial charge on any atom is -0.485 e. The fraction of sp³-hybridized carbons (Fsp3) is 0.200. The van der Waals surface area contributed by atoms with E-state index in [9.17, 15) is 0 Å². The van der Waals surface area contributed by atoms with E-state index in [1.165, 1.54) is 70.0 Å². The summed E-state index contributed by atoms with van der Waals surface area (Å²) in [5, 5.41) is 25.1. The minimum absolute atomic E-state index is 0.684. The number of unbranched alkanes of at least 4 members (excludes halogenated alkanes) is 3. The smallest absolute Gasteiger partial charge is 0.172 e. The van der Waals surface area contributed by atoms with Gasteiger partial charge in [-0.1, -0.05) is 74.7 Å². The topological polar surface area (TPSA) is 34.2 Å². The van der Waals surface area contributed by atoms with Gasteiger partial charge in [0.2, 0.25) is 0 Å². The summed E-state index contributed by atoms with van der Waals surface area (Å²) in [5.41, 5.74) is 1.52. The second-order valence-corrected chi connectivity index (χ2v) is 13.8. The predicted octanol–water partition coefficient (Wildman–Crippen LogP) is 13.4. The first-order valence-electron chi connectivity index (χ1n) is 16.0. The highest BCUT2D eigenvalue weighted by Crippen LogP contribution is 2.33. The van der Waals surface area contributed by atoms with Crippen LogP contribution in [0.25, 0.3) is 32.3 Å². The highest BCUT2D eigenvalue weighted by Gasteiger charge is 2.10. The molecular weight excluding hydrogens is 655 g/mol. The van der Waals surface area contributed by atoms with Gasteiger partial charge in [0.25, 0.3) is 0 Å². The van der Waals surface area contributed by atoms with Crippen LogP contribution in [-0.2, 0) is 6.42 Å². The first-order valence-corrected chi connectivity index (χ1v) is 19.7. The largest absolute Gasteiger partial charge is 0.485 e. The molecule has 3 nitrogen and oxygen atoms in total. The Hall–Kier alpha value is -3.88. The molecule has 1 N–H and O–H groups in total. The number of hydrogen-bond donors (Lipinski definition) is 1. The Morgan fingerprint density at radius 2 is 1.06 bits per heavy atom. The molecule has 0 bridgehead atoms. The molecule has 7 heteroatoms. The fourth-order valence-corrected chi connectivity index (χ4v) is 7.77. The molecule has 0 fully saturated rings. The van der Waals surface area contributed by atoms with Gasteiger partial charge in [-0.2, -0.15) is 34.0 Å². The van der Waals surface area contributed by atoms with Crippen molar-refractivity contribution in [2.75, 3.05) is 13.2 Å². The summed E-state index contributed by atoms with van der Waals surface area (Å²) in [6, 6.07) is 27.5. The SMILES string of the molecule is CCCCCCc1ccsc1.c1cc[nH]c1.c1ccc2cc3cscc3cc2c1.c1ccc2cscc2c1.c1scc2c1OCCO2. The first-order chi connectivity index (χ1) is 23.3. The Morgan fingerprint density at radius 3 is 1.55 bits per heavy atom. The van der Waals surface area contributed by atoms with Crippen LogP contribution < -0.4 is 9.47 Å². The van der Waals surface area contributed by atoms with Gasteiger partial charge in [0.1, 0.15) is 13.2 Å². The zero-order valence-corrected chi connectivity index (χ0v) is 29.9. The molecule has 0 unspecified atom stereocenters.